The number of aliphatic hydroxyl groups excluding tert-OH is 1. The van der Waals surface area contributed by atoms with Crippen LogP contribution in [0.25, 0.3) is 0 Å². The van der Waals surface area contributed by atoms with Gasteiger partial charge in [-0.05, 0) is 69.3 Å². The zero-order valence-electron chi connectivity index (χ0n) is 16.8. The smallest absolute Gasteiger partial charge is 0.227 e. The zero-order chi connectivity index (χ0) is 19.1. The van der Waals surface area contributed by atoms with Crippen LogP contribution >= 0.6 is 0 Å². The molecule has 3 aliphatic heterocycles. The van der Waals surface area contributed by atoms with Crippen molar-refractivity contribution in [1.82, 2.24) is 14.7 Å². The second-order valence-corrected chi connectivity index (χ2v) is 9.33. The van der Waals surface area contributed by atoms with Gasteiger partial charge in [0.05, 0.1) is 12.0 Å². The number of nitrogens with zero attached hydrogens (tertiary/aromatic N) is 3. The molecule has 0 saturated carbocycles. The molecule has 1 aromatic rings. The maximum Gasteiger partial charge on any atom is 0.227 e. The standard InChI is InChI=1S/C23H33N3O2/c27-22-15-26(16-22)23(28)19-6-3-9-25(14-19)20-7-10-24(11-8-20)21-12-17-4-1-2-5-18(17)13-21/h1-2,4-5,19-22,27H,3,6-16H2/t19-/m1/s1. The Hall–Kier alpha value is -1.43. The Labute approximate surface area is 168 Å². The minimum Gasteiger partial charge on any atom is -0.389 e. The van der Waals surface area contributed by atoms with E-state index in [1.165, 1.54) is 38.8 Å². The summed E-state index contributed by atoms with van der Waals surface area (Å²) in [5.74, 6) is 0.416. The van der Waals surface area contributed by atoms with E-state index in [-0.39, 0.29) is 17.9 Å². The Balaban J connectivity index is 1.12. The summed E-state index contributed by atoms with van der Waals surface area (Å²) in [4.78, 5) is 19.8. The van der Waals surface area contributed by atoms with Crippen molar-refractivity contribution in [2.24, 2.45) is 5.92 Å². The molecule has 152 valence electrons. The number of β-amino-alcohol motifs (C(OH)–C–C–N with tert-alkyl or cyclic N) is 1. The van der Waals surface area contributed by atoms with E-state index in [4.69, 9.17) is 0 Å². The van der Waals surface area contributed by atoms with Crippen molar-refractivity contribution in [2.45, 2.75) is 56.7 Å². The molecule has 1 atom stereocenters. The number of carbonyl (C=O) groups excluding carboxylic acids is 1. The SMILES string of the molecule is O=C([C@@H]1CCCN(C2CCN(C3Cc4ccccc4C3)CC2)C1)N1CC(O)C1. The predicted molar refractivity (Wildman–Crippen MR) is 109 cm³/mol. The van der Waals surface area contributed by atoms with Crippen LogP contribution in [0, 0.1) is 5.92 Å². The molecule has 0 unspecified atom stereocenters. The topological polar surface area (TPSA) is 47.0 Å². The summed E-state index contributed by atoms with van der Waals surface area (Å²) in [7, 11) is 0. The lowest BCUT2D eigenvalue weighted by Crippen LogP contribution is -2.58. The first-order chi connectivity index (χ1) is 13.7. The largest absolute Gasteiger partial charge is 0.389 e. The third-order valence-corrected chi connectivity index (χ3v) is 7.54. The van der Waals surface area contributed by atoms with E-state index in [0.29, 0.717) is 25.2 Å². The third kappa shape index (κ3) is 3.60. The number of fused-ring (bicyclic) bond motifs is 1. The summed E-state index contributed by atoms with van der Waals surface area (Å²) in [6.07, 6.45) is 6.74. The van der Waals surface area contributed by atoms with Gasteiger partial charge >= 0.3 is 0 Å². The summed E-state index contributed by atoms with van der Waals surface area (Å²) in [6, 6.07) is 10.3. The summed E-state index contributed by atoms with van der Waals surface area (Å²) in [6.45, 7) is 5.53. The van der Waals surface area contributed by atoms with Crippen LogP contribution in [0.1, 0.15) is 36.8 Å². The van der Waals surface area contributed by atoms with Gasteiger partial charge in [-0.25, -0.2) is 0 Å². The molecule has 1 amide bonds. The molecular weight excluding hydrogens is 350 g/mol. The number of benzene rings is 1. The van der Waals surface area contributed by atoms with Crippen LogP contribution in [0.15, 0.2) is 24.3 Å². The van der Waals surface area contributed by atoms with E-state index in [1.807, 2.05) is 4.90 Å². The van der Waals surface area contributed by atoms with Gasteiger partial charge in [0.1, 0.15) is 0 Å². The molecule has 1 N–H and O–H groups in total. The van der Waals surface area contributed by atoms with Gasteiger partial charge < -0.3 is 10.0 Å². The number of piperidine rings is 2. The van der Waals surface area contributed by atoms with E-state index in [9.17, 15) is 9.90 Å². The molecule has 5 rings (SSSR count). The lowest BCUT2D eigenvalue weighted by Gasteiger charge is -2.45. The number of carbonyl (C=O) groups is 1. The van der Waals surface area contributed by atoms with Gasteiger partial charge in [-0.1, -0.05) is 24.3 Å². The minimum absolute atomic E-state index is 0.142. The molecule has 0 spiro atoms. The Morgan fingerprint density at radius 2 is 1.54 bits per heavy atom. The molecule has 1 aromatic carbocycles. The number of rotatable bonds is 3. The van der Waals surface area contributed by atoms with E-state index < -0.39 is 0 Å². The van der Waals surface area contributed by atoms with E-state index >= 15 is 0 Å². The van der Waals surface area contributed by atoms with Gasteiger partial charge in [0, 0.05) is 31.7 Å². The molecule has 4 aliphatic rings. The maximum atomic E-state index is 12.7. The first-order valence-electron chi connectivity index (χ1n) is 11.2. The lowest BCUT2D eigenvalue weighted by molar-refractivity contribution is -0.148. The van der Waals surface area contributed by atoms with Gasteiger partial charge in [0.2, 0.25) is 5.91 Å². The summed E-state index contributed by atoms with van der Waals surface area (Å²) < 4.78 is 0. The summed E-state index contributed by atoms with van der Waals surface area (Å²) in [5.41, 5.74) is 3.09. The number of amides is 1. The highest BCUT2D eigenvalue weighted by molar-refractivity contribution is 5.80. The van der Waals surface area contributed by atoms with Crippen LogP contribution in [0.2, 0.25) is 0 Å². The van der Waals surface area contributed by atoms with Crippen LogP contribution in [0.3, 0.4) is 0 Å². The van der Waals surface area contributed by atoms with E-state index in [0.717, 1.165) is 25.9 Å². The molecular formula is C23H33N3O2. The Kier molecular flexibility index (Phi) is 5.16. The zero-order valence-corrected chi connectivity index (χ0v) is 16.8. The number of aliphatic hydroxyl groups is 1. The fourth-order valence-electron chi connectivity index (χ4n) is 5.84. The van der Waals surface area contributed by atoms with Crippen molar-refractivity contribution in [3.63, 3.8) is 0 Å². The highest BCUT2D eigenvalue weighted by atomic mass is 16.3. The van der Waals surface area contributed by atoms with Gasteiger partial charge in [-0.15, -0.1) is 0 Å². The van der Waals surface area contributed by atoms with Crippen LogP contribution in [0.4, 0.5) is 0 Å². The Bertz CT molecular complexity index is 685. The number of hydrogen-bond acceptors (Lipinski definition) is 4. The van der Waals surface area contributed by atoms with Crippen molar-refractivity contribution in [1.29, 1.82) is 0 Å². The average Bonchev–Trinajstić information content (AvgIpc) is 3.15. The maximum absolute atomic E-state index is 12.7. The highest BCUT2D eigenvalue weighted by Gasteiger charge is 2.38. The van der Waals surface area contributed by atoms with Gasteiger partial charge in [-0.2, -0.15) is 0 Å². The van der Waals surface area contributed by atoms with Crippen LogP contribution in [-0.2, 0) is 17.6 Å². The molecule has 3 fully saturated rings. The molecule has 5 nitrogen and oxygen atoms in total. The van der Waals surface area contributed by atoms with Gasteiger partial charge in [0.25, 0.3) is 0 Å². The Morgan fingerprint density at radius 1 is 0.857 bits per heavy atom. The molecule has 0 aromatic heterocycles. The van der Waals surface area contributed by atoms with E-state index in [1.54, 1.807) is 11.1 Å². The molecule has 3 saturated heterocycles. The van der Waals surface area contributed by atoms with Crippen molar-refractivity contribution in [3.8, 4) is 0 Å². The quantitative estimate of drug-likeness (QED) is 0.860. The fourth-order valence-corrected chi connectivity index (χ4v) is 5.84. The van der Waals surface area contributed by atoms with Crippen LogP contribution < -0.4 is 0 Å². The fraction of sp³-hybridized carbons (Fsp3) is 0.696. The summed E-state index contributed by atoms with van der Waals surface area (Å²) in [5, 5.41) is 9.48. The molecule has 0 bridgehead atoms. The number of likely N-dealkylation sites (tertiary alicyclic amines) is 3. The average molecular weight is 384 g/mol. The third-order valence-electron chi connectivity index (χ3n) is 7.54. The van der Waals surface area contributed by atoms with Crippen LogP contribution in [-0.4, -0.2) is 83.2 Å². The molecule has 5 heteroatoms. The second kappa shape index (κ2) is 7.77. The highest BCUT2D eigenvalue weighted by Crippen LogP contribution is 2.30. The molecule has 0 radical (unpaired) electrons. The van der Waals surface area contributed by atoms with E-state index in [2.05, 4.69) is 34.1 Å². The summed E-state index contributed by atoms with van der Waals surface area (Å²) >= 11 is 0. The second-order valence-electron chi connectivity index (χ2n) is 9.33. The number of hydrogen-bond donors (Lipinski definition) is 1. The van der Waals surface area contributed by atoms with Crippen molar-refractivity contribution >= 4 is 5.91 Å². The monoisotopic (exact) mass is 383 g/mol. The van der Waals surface area contributed by atoms with Gasteiger partial charge in [0.15, 0.2) is 0 Å². The van der Waals surface area contributed by atoms with Gasteiger partial charge in [-0.3, -0.25) is 14.6 Å². The molecule has 3 heterocycles. The molecule has 28 heavy (non-hydrogen) atoms. The van der Waals surface area contributed by atoms with Crippen molar-refractivity contribution in [3.05, 3.63) is 35.4 Å². The predicted octanol–water partition coefficient (Wildman–Crippen LogP) is 1.53. The Morgan fingerprint density at radius 3 is 2.18 bits per heavy atom. The molecule has 1 aliphatic carbocycles. The first-order valence-corrected chi connectivity index (χ1v) is 11.2. The normalized spacial score (nSPS) is 28.3. The van der Waals surface area contributed by atoms with Crippen LogP contribution in [0.5, 0.6) is 0 Å². The van der Waals surface area contributed by atoms with Crippen molar-refractivity contribution in [2.75, 3.05) is 39.3 Å². The van der Waals surface area contributed by atoms with Crippen molar-refractivity contribution < 1.29 is 9.90 Å². The minimum atomic E-state index is -0.297. The first kappa shape index (κ1) is 18.6. The lowest BCUT2D eigenvalue weighted by atomic mass is 9.91.